The molecule has 3 aromatic rings. The lowest BCUT2D eigenvalue weighted by molar-refractivity contribution is -0.130. The molecular weight excluding hydrogens is 470 g/mol. The van der Waals surface area contributed by atoms with E-state index in [-0.39, 0.29) is 30.7 Å². The number of hydrogen-bond donors (Lipinski definition) is 3. The first-order valence-corrected chi connectivity index (χ1v) is 11.2. The highest BCUT2D eigenvalue weighted by Crippen LogP contribution is 2.16. The number of nitrogens with one attached hydrogen (secondary N) is 3. The summed E-state index contributed by atoms with van der Waals surface area (Å²) in [4.78, 5) is 37.4. The second-order valence-electron chi connectivity index (χ2n) is 7.92. The molecule has 1 atom stereocenters. The Labute approximate surface area is 195 Å². The number of halogens is 1. The Bertz CT molecular complexity index is 1110. The topological polar surface area (TPSA) is 87.3 Å². The van der Waals surface area contributed by atoms with E-state index in [4.69, 9.17) is 0 Å². The van der Waals surface area contributed by atoms with Crippen LogP contribution in [0, 0.1) is 5.92 Å². The van der Waals surface area contributed by atoms with Gasteiger partial charge in [0.05, 0.1) is 13.0 Å². The van der Waals surface area contributed by atoms with Gasteiger partial charge >= 0.3 is 0 Å². The lowest BCUT2D eigenvalue weighted by Gasteiger charge is -2.21. The van der Waals surface area contributed by atoms with E-state index in [9.17, 15) is 14.4 Å². The van der Waals surface area contributed by atoms with Crippen molar-refractivity contribution in [2.75, 3.05) is 11.9 Å². The summed E-state index contributed by atoms with van der Waals surface area (Å²) in [5.74, 6) is -1.11. The first-order valence-electron chi connectivity index (χ1n) is 10.4. The fourth-order valence-corrected chi connectivity index (χ4v) is 3.57. The molecule has 0 radical (unpaired) electrons. The van der Waals surface area contributed by atoms with Crippen molar-refractivity contribution in [3.63, 3.8) is 0 Å². The summed E-state index contributed by atoms with van der Waals surface area (Å²) < 4.78 is 0.906. The largest absolute Gasteiger partial charge is 0.345 e. The molecule has 3 amide bonds. The fraction of sp³-hybridized carbons (Fsp3) is 0.240. The SMILES string of the molecule is CC(C)C(NC(=O)Cc1ccc2ccccc2c1)C(=O)NCC(=O)Nc1ccc(Br)cc1. The molecule has 0 spiro atoms. The van der Waals surface area contributed by atoms with Crippen LogP contribution in [-0.2, 0) is 20.8 Å². The van der Waals surface area contributed by atoms with Crippen LogP contribution in [0.5, 0.6) is 0 Å². The van der Waals surface area contributed by atoms with E-state index >= 15 is 0 Å². The van der Waals surface area contributed by atoms with Gasteiger partial charge in [0.15, 0.2) is 0 Å². The van der Waals surface area contributed by atoms with Crippen molar-refractivity contribution in [1.82, 2.24) is 10.6 Å². The summed E-state index contributed by atoms with van der Waals surface area (Å²) >= 11 is 3.34. The van der Waals surface area contributed by atoms with Crippen molar-refractivity contribution in [3.8, 4) is 0 Å². The van der Waals surface area contributed by atoms with Gasteiger partial charge < -0.3 is 16.0 Å². The molecule has 3 aromatic carbocycles. The van der Waals surface area contributed by atoms with Gasteiger partial charge in [-0.25, -0.2) is 0 Å². The van der Waals surface area contributed by atoms with Gasteiger partial charge in [0.1, 0.15) is 6.04 Å². The van der Waals surface area contributed by atoms with Crippen LogP contribution in [0.25, 0.3) is 10.8 Å². The Balaban J connectivity index is 1.53. The minimum Gasteiger partial charge on any atom is -0.345 e. The maximum absolute atomic E-state index is 12.6. The van der Waals surface area contributed by atoms with E-state index in [0.717, 1.165) is 20.8 Å². The smallest absolute Gasteiger partial charge is 0.243 e. The molecule has 7 heteroatoms. The maximum atomic E-state index is 12.6. The molecule has 0 aliphatic heterocycles. The molecule has 0 heterocycles. The van der Waals surface area contributed by atoms with Crippen molar-refractivity contribution in [1.29, 1.82) is 0 Å². The van der Waals surface area contributed by atoms with Crippen LogP contribution in [-0.4, -0.2) is 30.3 Å². The zero-order valence-corrected chi connectivity index (χ0v) is 19.6. The highest BCUT2D eigenvalue weighted by Gasteiger charge is 2.24. The predicted molar refractivity (Wildman–Crippen MR) is 130 cm³/mol. The molecule has 3 rings (SSSR count). The number of benzene rings is 3. The Morgan fingerprint density at radius 1 is 0.875 bits per heavy atom. The number of fused-ring (bicyclic) bond motifs is 1. The monoisotopic (exact) mass is 495 g/mol. The van der Waals surface area contributed by atoms with E-state index in [1.54, 1.807) is 12.1 Å². The normalized spacial score (nSPS) is 11.8. The minimum atomic E-state index is -0.733. The van der Waals surface area contributed by atoms with E-state index in [0.29, 0.717) is 5.69 Å². The van der Waals surface area contributed by atoms with Gasteiger partial charge in [-0.1, -0.05) is 72.2 Å². The number of hydrogen-bond acceptors (Lipinski definition) is 3. The molecule has 166 valence electrons. The second kappa shape index (κ2) is 10.9. The van der Waals surface area contributed by atoms with E-state index in [1.165, 1.54) is 0 Å². The van der Waals surface area contributed by atoms with E-state index in [1.807, 2.05) is 68.4 Å². The lowest BCUT2D eigenvalue weighted by atomic mass is 10.0. The van der Waals surface area contributed by atoms with Gasteiger partial charge in [0.25, 0.3) is 0 Å². The maximum Gasteiger partial charge on any atom is 0.243 e. The van der Waals surface area contributed by atoms with Gasteiger partial charge in [-0.15, -0.1) is 0 Å². The molecule has 0 aromatic heterocycles. The number of amides is 3. The predicted octanol–water partition coefficient (Wildman–Crippen LogP) is 4.04. The Hall–Kier alpha value is -3.19. The van der Waals surface area contributed by atoms with Crippen LogP contribution in [0.3, 0.4) is 0 Å². The minimum absolute atomic E-state index is 0.134. The molecule has 0 fully saturated rings. The summed E-state index contributed by atoms with van der Waals surface area (Å²) in [6, 6.07) is 20.2. The van der Waals surface area contributed by atoms with Crippen molar-refractivity contribution in [3.05, 3.63) is 76.8 Å². The average Bonchev–Trinajstić information content (AvgIpc) is 2.77. The fourth-order valence-electron chi connectivity index (χ4n) is 3.31. The second-order valence-corrected chi connectivity index (χ2v) is 8.84. The molecule has 6 nitrogen and oxygen atoms in total. The van der Waals surface area contributed by atoms with Crippen molar-refractivity contribution < 1.29 is 14.4 Å². The third kappa shape index (κ3) is 6.65. The van der Waals surface area contributed by atoms with Crippen LogP contribution >= 0.6 is 15.9 Å². The van der Waals surface area contributed by atoms with Crippen molar-refractivity contribution >= 4 is 50.1 Å². The summed E-state index contributed by atoms with van der Waals surface area (Å²) in [5, 5.41) is 10.3. The quantitative estimate of drug-likeness (QED) is 0.440. The number of rotatable bonds is 8. The van der Waals surface area contributed by atoms with Gasteiger partial charge in [0.2, 0.25) is 17.7 Å². The number of anilines is 1. The molecule has 0 aliphatic rings. The molecule has 0 bridgehead atoms. The lowest BCUT2D eigenvalue weighted by Crippen LogP contribution is -2.51. The highest BCUT2D eigenvalue weighted by atomic mass is 79.9. The van der Waals surface area contributed by atoms with E-state index < -0.39 is 11.9 Å². The Kier molecular flexibility index (Phi) is 8.00. The average molecular weight is 496 g/mol. The van der Waals surface area contributed by atoms with Crippen LogP contribution in [0.4, 0.5) is 5.69 Å². The summed E-state index contributed by atoms with van der Waals surface area (Å²) in [6.45, 7) is 3.52. The van der Waals surface area contributed by atoms with Crippen molar-refractivity contribution in [2.24, 2.45) is 5.92 Å². The molecule has 0 saturated carbocycles. The highest BCUT2D eigenvalue weighted by molar-refractivity contribution is 9.10. The molecule has 0 aliphatic carbocycles. The number of carbonyl (C=O) groups excluding carboxylic acids is 3. The summed E-state index contributed by atoms with van der Waals surface area (Å²) in [5.41, 5.74) is 1.51. The molecule has 3 N–H and O–H groups in total. The van der Waals surface area contributed by atoms with E-state index in [2.05, 4.69) is 31.9 Å². The standard InChI is InChI=1S/C25H26BrN3O3/c1-16(2)24(25(32)27-15-23(31)28-21-11-9-20(26)10-12-21)29-22(30)14-17-7-8-18-5-3-4-6-19(18)13-17/h3-13,16,24H,14-15H2,1-2H3,(H,27,32)(H,28,31)(H,29,30). The summed E-state index contributed by atoms with van der Waals surface area (Å²) in [7, 11) is 0. The van der Waals surface area contributed by atoms with Crippen LogP contribution in [0.2, 0.25) is 0 Å². The van der Waals surface area contributed by atoms with Gasteiger partial charge in [-0.3, -0.25) is 14.4 Å². The zero-order valence-electron chi connectivity index (χ0n) is 18.0. The molecule has 32 heavy (non-hydrogen) atoms. The van der Waals surface area contributed by atoms with Crippen LogP contribution in [0.1, 0.15) is 19.4 Å². The summed E-state index contributed by atoms with van der Waals surface area (Å²) in [6.07, 6.45) is 0.172. The molecule has 0 saturated heterocycles. The molecular formula is C25H26BrN3O3. The third-order valence-corrected chi connectivity index (χ3v) is 5.52. The van der Waals surface area contributed by atoms with Gasteiger partial charge in [0, 0.05) is 10.2 Å². The third-order valence-electron chi connectivity index (χ3n) is 5.00. The van der Waals surface area contributed by atoms with Gasteiger partial charge in [-0.05, 0) is 46.5 Å². The van der Waals surface area contributed by atoms with Crippen molar-refractivity contribution in [2.45, 2.75) is 26.3 Å². The van der Waals surface area contributed by atoms with Gasteiger partial charge in [-0.2, -0.15) is 0 Å². The molecule has 1 unspecified atom stereocenters. The Morgan fingerprint density at radius 3 is 2.25 bits per heavy atom. The van der Waals surface area contributed by atoms with Crippen LogP contribution < -0.4 is 16.0 Å². The Morgan fingerprint density at radius 2 is 1.56 bits per heavy atom. The first-order chi connectivity index (χ1) is 15.3. The zero-order chi connectivity index (χ0) is 23.1. The first kappa shape index (κ1) is 23.5. The van der Waals surface area contributed by atoms with Crippen LogP contribution in [0.15, 0.2) is 71.2 Å². The number of carbonyl (C=O) groups is 3.